The zero-order chi connectivity index (χ0) is 21.6. The van der Waals surface area contributed by atoms with Crippen molar-refractivity contribution in [3.63, 3.8) is 0 Å². The molecule has 1 heterocycles. The van der Waals surface area contributed by atoms with Crippen molar-refractivity contribution in [1.29, 1.82) is 0 Å². The molecular weight excluding hydrogens is 376 g/mol. The zero-order valence-electron chi connectivity index (χ0n) is 18.0. The summed E-state index contributed by atoms with van der Waals surface area (Å²) in [4.78, 5) is 12.1. The first-order valence-corrected chi connectivity index (χ1v) is 10.6. The van der Waals surface area contributed by atoms with Crippen molar-refractivity contribution in [3.05, 3.63) is 12.2 Å². The number of carbonyl (C=O) groups is 1. The minimum Gasteiger partial charge on any atom is -0.481 e. The Balaban J connectivity index is 1.84. The Labute approximate surface area is 173 Å². The lowest BCUT2D eigenvalue weighted by Gasteiger charge is -2.57. The topological polar surface area (TPSA) is 105 Å². The second-order valence-corrected chi connectivity index (χ2v) is 9.67. The van der Waals surface area contributed by atoms with Crippen molar-refractivity contribution in [2.75, 3.05) is 14.2 Å². The van der Waals surface area contributed by atoms with E-state index in [4.69, 9.17) is 14.2 Å². The molecule has 7 nitrogen and oxygen atoms in total. The van der Waals surface area contributed by atoms with E-state index in [9.17, 15) is 20.1 Å². The summed E-state index contributed by atoms with van der Waals surface area (Å²) in [7, 11) is 2.84. The predicted octanol–water partition coefficient (Wildman–Crippen LogP) is 2.70. The fraction of sp³-hybridized carbons (Fsp3) is 0.864. The lowest BCUT2D eigenvalue weighted by atomic mass is 9.46. The molecule has 1 aliphatic heterocycles. The molecule has 0 amide bonds. The molecule has 1 saturated heterocycles. The van der Waals surface area contributed by atoms with E-state index in [0.29, 0.717) is 12.8 Å². The molecule has 3 aliphatic rings. The molecule has 0 aromatic heterocycles. The average Bonchev–Trinajstić information content (AvgIpc) is 2.91. The maximum absolute atomic E-state index is 12.1. The third-order valence-corrected chi connectivity index (χ3v) is 8.22. The predicted molar refractivity (Wildman–Crippen MR) is 106 cm³/mol. The van der Waals surface area contributed by atoms with Crippen molar-refractivity contribution in [2.24, 2.45) is 22.7 Å². The fourth-order valence-electron chi connectivity index (χ4n) is 6.51. The molecule has 0 aromatic carbocycles. The third kappa shape index (κ3) is 3.45. The van der Waals surface area contributed by atoms with Crippen LogP contribution in [0, 0.1) is 22.7 Å². The lowest BCUT2D eigenvalue weighted by Crippen LogP contribution is -2.54. The molecule has 8 atom stereocenters. The van der Waals surface area contributed by atoms with E-state index in [1.807, 2.05) is 6.92 Å². The van der Waals surface area contributed by atoms with E-state index < -0.39 is 35.7 Å². The van der Waals surface area contributed by atoms with Gasteiger partial charge in [0.2, 0.25) is 0 Å². The van der Waals surface area contributed by atoms with Crippen molar-refractivity contribution in [3.8, 4) is 0 Å². The quantitative estimate of drug-likeness (QED) is 0.576. The molecule has 2 saturated carbocycles. The van der Waals surface area contributed by atoms with E-state index in [2.05, 4.69) is 13.5 Å². The van der Waals surface area contributed by atoms with Crippen LogP contribution in [0.3, 0.4) is 0 Å². The van der Waals surface area contributed by atoms with Crippen LogP contribution in [-0.4, -0.2) is 59.8 Å². The van der Waals surface area contributed by atoms with Gasteiger partial charge in [-0.15, -0.1) is 0 Å². The number of carboxylic acid groups (broad SMARTS) is 1. The number of aliphatic hydroxyl groups excluding tert-OH is 1. The highest BCUT2D eigenvalue weighted by Crippen LogP contribution is 2.62. The number of carboxylic acids is 1. The summed E-state index contributed by atoms with van der Waals surface area (Å²) in [5, 5.41) is 31.7. The van der Waals surface area contributed by atoms with Gasteiger partial charge in [-0.25, -0.2) is 0 Å². The number of rotatable bonds is 6. The summed E-state index contributed by atoms with van der Waals surface area (Å²) in [6, 6.07) is 0. The number of hydrogen-bond acceptors (Lipinski definition) is 6. The number of ether oxygens (including phenoxy) is 3. The number of methoxy groups -OCH3 is 2. The molecule has 0 radical (unpaired) electrons. The molecule has 0 unspecified atom stereocenters. The van der Waals surface area contributed by atoms with Gasteiger partial charge in [0.1, 0.15) is 11.7 Å². The van der Waals surface area contributed by atoms with E-state index >= 15 is 0 Å². The molecule has 3 fully saturated rings. The first-order valence-electron chi connectivity index (χ1n) is 10.6. The highest BCUT2D eigenvalue weighted by molar-refractivity contribution is 5.75. The number of allylic oxidation sites excluding steroid dienone is 1. The van der Waals surface area contributed by atoms with Gasteiger partial charge in [-0.1, -0.05) is 25.5 Å². The van der Waals surface area contributed by atoms with Gasteiger partial charge >= 0.3 is 5.97 Å². The van der Waals surface area contributed by atoms with Gasteiger partial charge in [-0.2, -0.15) is 0 Å². The van der Waals surface area contributed by atoms with Gasteiger partial charge in [0, 0.05) is 14.2 Å². The first-order chi connectivity index (χ1) is 13.5. The van der Waals surface area contributed by atoms with Gasteiger partial charge in [0.25, 0.3) is 0 Å². The van der Waals surface area contributed by atoms with E-state index in [1.165, 1.54) is 14.2 Å². The van der Waals surface area contributed by atoms with Gasteiger partial charge < -0.3 is 29.5 Å². The Morgan fingerprint density at radius 3 is 2.55 bits per heavy atom. The summed E-state index contributed by atoms with van der Waals surface area (Å²) in [5.41, 5.74) is -1.43. The smallest absolute Gasteiger partial charge is 0.309 e. The summed E-state index contributed by atoms with van der Waals surface area (Å²) in [5.74, 6) is -0.600. The molecule has 3 N–H and O–H groups in total. The fourth-order valence-corrected chi connectivity index (χ4v) is 6.51. The van der Waals surface area contributed by atoms with Crippen LogP contribution in [0.4, 0.5) is 0 Å². The molecule has 166 valence electrons. The second kappa shape index (κ2) is 7.93. The summed E-state index contributed by atoms with van der Waals surface area (Å²) in [6.07, 6.45) is 1.78. The Hall–Kier alpha value is -0.990. The Morgan fingerprint density at radius 1 is 1.28 bits per heavy atom. The average molecular weight is 413 g/mol. The largest absolute Gasteiger partial charge is 0.481 e. The van der Waals surface area contributed by atoms with Crippen molar-refractivity contribution >= 4 is 5.97 Å². The van der Waals surface area contributed by atoms with Crippen molar-refractivity contribution < 1.29 is 34.3 Å². The van der Waals surface area contributed by atoms with Crippen LogP contribution in [0.15, 0.2) is 12.2 Å². The summed E-state index contributed by atoms with van der Waals surface area (Å²) >= 11 is 0. The van der Waals surface area contributed by atoms with Crippen LogP contribution >= 0.6 is 0 Å². The molecule has 0 bridgehead atoms. The number of fused-ring (bicyclic) bond motifs is 1. The molecule has 0 spiro atoms. The van der Waals surface area contributed by atoms with E-state index in [0.717, 1.165) is 31.3 Å². The highest BCUT2D eigenvalue weighted by Gasteiger charge is 2.60. The molecule has 2 aliphatic carbocycles. The highest BCUT2D eigenvalue weighted by atomic mass is 16.8. The lowest BCUT2D eigenvalue weighted by molar-refractivity contribution is -0.220. The van der Waals surface area contributed by atoms with E-state index in [1.54, 1.807) is 0 Å². The number of aliphatic carboxylic acids is 1. The summed E-state index contributed by atoms with van der Waals surface area (Å²) in [6.45, 7) is 8.37. The Morgan fingerprint density at radius 2 is 1.97 bits per heavy atom. The number of hydrogen-bond donors (Lipinski definition) is 3. The van der Waals surface area contributed by atoms with Gasteiger partial charge in [0.15, 0.2) is 12.6 Å². The van der Waals surface area contributed by atoms with Gasteiger partial charge in [-0.3, -0.25) is 4.79 Å². The van der Waals surface area contributed by atoms with Crippen LogP contribution in [0.1, 0.15) is 58.8 Å². The van der Waals surface area contributed by atoms with Gasteiger partial charge in [0.05, 0.1) is 5.41 Å². The maximum Gasteiger partial charge on any atom is 0.309 e. The summed E-state index contributed by atoms with van der Waals surface area (Å²) < 4.78 is 15.9. The van der Waals surface area contributed by atoms with Crippen LogP contribution in [0.25, 0.3) is 0 Å². The van der Waals surface area contributed by atoms with Crippen LogP contribution in [-0.2, 0) is 19.0 Å². The van der Waals surface area contributed by atoms with Crippen molar-refractivity contribution in [2.45, 2.75) is 83.1 Å². The van der Waals surface area contributed by atoms with Crippen LogP contribution < -0.4 is 0 Å². The molecule has 29 heavy (non-hydrogen) atoms. The zero-order valence-corrected chi connectivity index (χ0v) is 18.0. The Kier molecular flexibility index (Phi) is 6.20. The van der Waals surface area contributed by atoms with Crippen molar-refractivity contribution in [1.82, 2.24) is 0 Å². The first kappa shape index (κ1) is 22.7. The third-order valence-electron chi connectivity index (χ3n) is 8.22. The van der Waals surface area contributed by atoms with Gasteiger partial charge in [-0.05, 0) is 62.7 Å². The second-order valence-electron chi connectivity index (χ2n) is 9.67. The standard InChI is InChI=1S/C22H36O7/c1-13-7-8-15-20(2,10-6-11-21(15,3)18(24)25)14(13)9-12-22(26)16(23)17(27-4)29-19(22)28-5/h14-17,19,23,26H,1,6-12H2,2-5H3,(H,24,25)/t14-,15+,16-,17+,19+,20+,21+,22-/m1/s1. The monoisotopic (exact) mass is 412 g/mol. The SMILES string of the molecule is C=C1CC[C@H]2[C@@](C)(CCC[C@]2(C)C(=O)O)[C@@H]1CC[C@]1(O)[C@@H](OC)O[C@H](OC)[C@H]1O. The Bertz CT molecular complexity index is 647. The molecule has 7 heteroatoms. The minimum absolute atomic E-state index is 0.0566. The maximum atomic E-state index is 12.1. The van der Waals surface area contributed by atoms with Crippen LogP contribution in [0.5, 0.6) is 0 Å². The number of aliphatic hydroxyl groups is 2. The normalized spacial score (nSPS) is 47.8. The molecule has 3 rings (SSSR count). The van der Waals surface area contributed by atoms with Crippen LogP contribution in [0.2, 0.25) is 0 Å². The molecule has 0 aromatic rings. The molecular formula is C22H36O7. The minimum atomic E-state index is -1.59. The van der Waals surface area contributed by atoms with E-state index in [-0.39, 0.29) is 23.7 Å².